The van der Waals surface area contributed by atoms with Crippen LogP contribution in [-0.2, 0) is 20.2 Å². The molecule has 0 unspecified atom stereocenters. The molecule has 0 aromatic heterocycles. The Labute approximate surface area is 195 Å². The zero-order chi connectivity index (χ0) is 24.3. The van der Waals surface area contributed by atoms with Crippen LogP contribution in [0.1, 0.15) is 11.1 Å². The maximum atomic E-state index is 12.0. The van der Waals surface area contributed by atoms with Gasteiger partial charge in [-0.05, 0) is 47.5 Å². The van der Waals surface area contributed by atoms with Crippen LogP contribution >= 0.6 is 0 Å². The first-order valence-electron chi connectivity index (χ1n) is 9.55. The van der Waals surface area contributed by atoms with E-state index >= 15 is 0 Å². The van der Waals surface area contributed by atoms with Gasteiger partial charge in [0.25, 0.3) is 20.2 Å². The van der Waals surface area contributed by atoms with Gasteiger partial charge in [-0.3, -0.25) is 20.0 Å². The summed E-state index contributed by atoms with van der Waals surface area (Å²) in [6, 6.07) is 8.36. The lowest BCUT2D eigenvalue weighted by molar-refractivity contribution is 0.480. The molecule has 2 aromatic rings. The largest absolute Gasteiger partial charge is 0.295 e. The van der Waals surface area contributed by atoms with Crippen LogP contribution in [0.2, 0.25) is 0 Å². The summed E-state index contributed by atoms with van der Waals surface area (Å²) in [5.41, 5.74) is 6.41. The average molecular weight is 503 g/mol. The van der Waals surface area contributed by atoms with Gasteiger partial charge in [-0.1, -0.05) is 24.3 Å². The van der Waals surface area contributed by atoms with Crippen molar-refractivity contribution in [3.8, 4) is 0 Å². The smallest absolute Gasteiger partial charge is 0.285 e. The third kappa shape index (κ3) is 5.15. The van der Waals surface area contributed by atoms with Gasteiger partial charge in [0.15, 0.2) is 0 Å². The summed E-state index contributed by atoms with van der Waals surface area (Å²) in [4.78, 5) is -0.840. The topological polar surface area (TPSA) is 164 Å². The number of nitrogens with one attached hydrogen (secondary N) is 2. The van der Waals surface area contributed by atoms with Crippen molar-refractivity contribution < 1.29 is 25.9 Å². The number of hydrogen-bond donors (Lipinski definition) is 4. The highest BCUT2D eigenvalue weighted by Crippen LogP contribution is 2.28. The highest BCUT2D eigenvalue weighted by molar-refractivity contribution is 7.86. The molecule has 0 amide bonds. The molecule has 0 atom stereocenters. The zero-order valence-electron chi connectivity index (χ0n) is 17.2. The fourth-order valence-corrected chi connectivity index (χ4v) is 4.49. The van der Waals surface area contributed by atoms with Gasteiger partial charge in [0.05, 0.1) is 23.8 Å². The Kier molecular flexibility index (Phi) is 6.21. The van der Waals surface area contributed by atoms with E-state index in [1.807, 2.05) is 0 Å². The second kappa shape index (κ2) is 9.11. The molecule has 2 heterocycles. The van der Waals surface area contributed by atoms with Gasteiger partial charge in [0, 0.05) is 12.4 Å². The van der Waals surface area contributed by atoms with Gasteiger partial charge in [-0.25, -0.2) is 0 Å². The number of hydrogen-bond acceptors (Lipinski definition) is 10. The molecule has 0 spiro atoms. The molecular weight excluding hydrogens is 484 g/mol. The van der Waals surface area contributed by atoms with Crippen LogP contribution in [0.4, 0.5) is 11.4 Å². The minimum atomic E-state index is -4.64. The average Bonchev–Trinajstić information content (AvgIpc) is 2.82. The van der Waals surface area contributed by atoms with E-state index in [9.17, 15) is 25.9 Å². The molecular formula is C20H18N6O6S2. The van der Waals surface area contributed by atoms with E-state index in [-0.39, 0.29) is 11.1 Å². The molecule has 12 nitrogen and oxygen atoms in total. The monoisotopic (exact) mass is 502 g/mol. The Balaban J connectivity index is 1.72. The van der Waals surface area contributed by atoms with Gasteiger partial charge < -0.3 is 0 Å². The Morgan fingerprint density at radius 3 is 1.44 bits per heavy atom. The predicted octanol–water partition coefficient (Wildman–Crippen LogP) is 2.00. The van der Waals surface area contributed by atoms with E-state index in [0.717, 1.165) is 0 Å². The molecule has 0 saturated heterocycles. The van der Waals surface area contributed by atoms with E-state index in [0.29, 0.717) is 11.4 Å². The first kappa shape index (κ1) is 23.2. The maximum Gasteiger partial charge on any atom is 0.295 e. The third-order valence-corrected chi connectivity index (χ3v) is 6.42. The van der Waals surface area contributed by atoms with Crippen LogP contribution in [0, 0.1) is 0 Å². The van der Waals surface area contributed by atoms with Crippen molar-refractivity contribution in [1.82, 2.24) is 10.9 Å². The number of nitrogens with zero attached hydrogens (tertiary/aromatic N) is 4. The van der Waals surface area contributed by atoms with E-state index in [4.69, 9.17) is 0 Å². The Morgan fingerprint density at radius 2 is 1.12 bits per heavy atom. The second-order valence-electron chi connectivity index (χ2n) is 6.86. The van der Waals surface area contributed by atoms with Crippen LogP contribution in [0.15, 0.2) is 80.9 Å². The van der Waals surface area contributed by atoms with Crippen molar-refractivity contribution in [3.05, 3.63) is 72.1 Å². The molecule has 0 radical (unpaired) electrons. The predicted molar refractivity (Wildman–Crippen MR) is 128 cm³/mol. The van der Waals surface area contributed by atoms with Gasteiger partial charge in [-0.15, -0.1) is 0 Å². The first-order valence-corrected chi connectivity index (χ1v) is 12.4. The number of hydrazine groups is 2. The van der Waals surface area contributed by atoms with Crippen molar-refractivity contribution in [1.29, 1.82) is 0 Å². The van der Waals surface area contributed by atoms with E-state index in [1.54, 1.807) is 36.7 Å². The maximum absolute atomic E-state index is 12.0. The summed E-state index contributed by atoms with van der Waals surface area (Å²) in [7, 11) is -9.28. The van der Waals surface area contributed by atoms with Crippen molar-refractivity contribution in [2.75, 3.05) is 10.2 Å². The SMILES string of the molecule is O=S(=O)(O)c1cc(N2N=CC=CN2)ccc1C=Cc1ccc(N2N=CC=CN2)cc1S(=O)(=O)O. The Bertz CT molecular complexity index is 1370. The number of rotatable bonds is 6. The van der Waals surface area contributed by atoms with Crippen molar-refractivity contribution in [3.63, 3.8) is 0 Å². The van der Waals surface area contributed by atoms with Gasteiger partial charge >= 0.3 is 0 Å². The summed E-state index contributed by atoms with van der Waals surface area (Å²) in [6.07, 6.45) is 12.0. The Morgan fingerprint density at radius 1 is 0.706 bits per heavy atom. The Hall–Kier alpha value is -3.98. The zero-order valence-corrected chi connectivity index (χ0v) is 18.8. The second-order valence-corrected chi connectivity index (χ2v) is 9.64. The molecule has 4 rings (SSSR count). The summed E-state index contributed by atoms with van der Waals surface area (Å²) >= 11 is 0. The first-order chi connectivity index (χ1) is 16.1. The number of allylic oxidation sites excluding steroid dienone is 2. The summed E-state index contributed by atoms with van der Waals surface area (Å²) in [5, 5.41) is 10.7. The molecule has 176 valence electrons. The molecule has 2 aromatic carbocycles. The van der Waals surface area contributed by atoms with E-state index < -0.39 is 30.0 Å². The highest BCUT2D eigenvalue weighted by Gasteiger charge is 2.19. The van der Waals surface area contributed by atoms with Gasteiger partial charge in [0.2, 0.25) is 0 Å². The van der Waals surface area contributed by atoms with Crippen LogP contribution in [0.25, 0.3) is 12.2 Å². The molecule has 0 fully saturated rings. The van der Waals surface area contributed by atoms with Crippen LogP contribution in [0.3, 0.4) is 0 Å². The van der Waals surface area contributed by atoms with Crippen LogP contribution < -0.4 is 21.1 Å². The molecule has 14 heteroatoms. The summed E-state index contributed by atoms with van der Waals surface area (Å²) < 4.78 is 67.5. The molecule has 0 bridgehead atoms. The minimum Gasteiger partial charge on any atom is -0.285 e. The summed E-state index contributed by atoms with van der Waals surface area (Å²) in [5.74, 6) is 0. The minimum absolute atomic E-state index is 0.0839. The van der Waals surface area contributed by atoms with Crippen molar-refractivity contribution >= 4 is 56.2 Å². The van der Waals surface area contributed by atoms with Gasteiger partial charge in [0.1, 0.15) is 9.79 Å². The normalized spacial score (nSPS) is 15.6. The number of benzene rings is 2. The standard InChI is InChI=1S/C20H18N6O6S2/c27-33(28,29)19-13-17(25-21-9-1-10-22-25)7-5-15(19)3-4-16-6-8-18(14-20(16)34(30,31)32)26-23-11-2-12-24-26/h1-14,21,23H,(H,27,28,29)(H,30,31,32). The van der Waals surface area contributed by atoms with Gasteiger partial charge in [-0.2, -0.15) is 37.3 Å². The molecule has 34 heavy (non-hydrogen) atoms. The lowest BCUT2D eigenvalue weighted by Gasteiger charge is -2.21. The van der Waals surface area contributed by atoms with Crippen LogP contribution in [-0.4, -0.2) is 38.4 Å². The molecule has 2 aliphatic heterocycles. The molecule has 4 N–H and O–H groups in total. The van der Waals surface area contributed by atoms with E-state index in [1.165, 1.54) is 59.1 Å². The molecule has 0 saturated carbocycles. The van der Waals surface area contributed by atoms with E-state index in [2.05, 4.69) is 21.1 Å². The molecule has 0 aliphatic carbocycles. The fourth-order valence-electron chi connectivity index (χ4n) is 3.08. The highest BCUT2D eigenvalue weighted by atomic mass is 32.2. The fraction of sp³-hybridized carbons (Fsp3) is 0. The number of hydrazone groups is 2. The quantitative estimate of drug-likeness (QED) is 0.339. The third-order valence-electron chi connectivity index (χ3n) is 4.60. The number of anilines is 2. The summed E-state index contributed by atoms with van der Waals surface area (Å²) in [6.45, 7) is 0. The lowest BCUT2D eigenvalue weighted by Crippen LogP contribution is -2.31. The van der Waals surface area contributed by atoms with Crippen LogP contribution in [0.5, 0.6) is 0 Å². The molecule has 2 aliphatic rings. The van der Waals surface area contributed by atoms with Crippen molar-refractivity contribution in [2.45, 2.75) is 9.79 Å². The van der Waals surface area contributed by atoms with Crippen molar-refractivity contribution in [2.24, 2.45) is 10.2 Å². The lowest BCUT2D eigenvalue weighted by atomic mass is 10.1.